The fourth-order valence-electron chi connectivity index (χ4n) is 2.22. The number of carbonyl (C=O) groups excluding carboxylic acids is 1. The van der Waals surface area contributed by atoms with Gasteiger partial charge in [-0.15, -0.1) is 0 Å². The number of rotatable bonds is 9. The summed E-state index contributed by atoms with van der Waals surface area (Å²) in [6.45, 7) is 0.586. The first-order valence-corrected chi connectivity index (χ1v) is 7.77. The molecular weight excluding hydrogens is 294 g/mol. The molecule has 2 rings (SSSR count). The van der Waals surface area contributed by atoms with Crippen molar-refractivity contribution in [3.05, 3.63) is 48.3 Å². The molecule has 0 aliphatic heterocycles. The standard InChI is InChI=1S/C17H21N3O3/c21-16(22)10-6-1-2-7-11-18-17(23)14-12-19-20(13-14)15-8-4-3-5-9-15/h3-5,8-9,12-13H,1-2,6-7,10-11H2,(H,18,23)(H,21,22). The van der Waals surface area contributed by atoms with Gasteiger partial charge in [0, 0.05) is 19.2 Å². The lowest BCUT2D eigenvalue weighted by Gasteiger charge is -2.03. The Labute approximate surface area is 135 Å². The van der Waals surface area contributed by atoms with Crippen molar-refractivity contribution in [1.29, 1.82) is 0 Å². The van der Waals surface area contributed by atoms with Crippen molar-refractivity contribution >= 4 is 11.9 Å². The number of nitrogens with zero attached hydrogens (tertiary/aromatic N) is 2. The maximum Gasteiger partial charge on any atom is 0.303 e. The highest BCUT2D eigenvalue weighted by Gasteiger charge is 2.08. The van der Waals surface area contributed by atoms with E-state index >= 15 is 0 Å². The summed E-state index contributed by atoms with van der Waals surface area (Å²) in [4.78, 5) is 22.4. The predicted octanol–water partition coefficient (Wildman–Crippen LogP) is 2.64. The zero-order valence-corrected chi connectivity index (χ0v) is 12.9. The van der Waals surface area contributed by atoms with E-state index in [1.165, 1.54) is 0 Å². The second kappa shape index (κ2) is 8.73. The Morgan fingerprint density at radius 2 is 1.83 bits per heavy atom. The predicted molar refractivity (Wildman–Crippen MR) is 86.6 cm³/mol. The maximum atomic E-state index is 12.0. The summed E-state index contributed by atoms with van der Waals surface area (Å²) in [6, 6.07) is 9.61. The average Bonchev–Trinajstić information content (AvgIpc) is 3.04. The number of aliphatic carboxylic acids is 1. The van der Waals surface area contributed by atoms with Gasteiger partial charge in [0.15, 0.2) is 0 Å². The van der Waals surface area contributed by atoms with Gasteiger partial charge in [-0.3, -0.25) is 9.59 Å². The molecular formula is C17H21N3O3. The molecule has 0 aliphatic rings. The molecule has 0 aliphatic carbocycles. The topological polar surface area (TPSA) is 84.2 Å². The Bertz CT molecular complexity index is 638. The fraction of sp³-hybridized carbons (Fsp3) is 0.353. The highest BCUT2D eigenvalue weighted by molar-refractivity contribution is 5.93. The van der Waals surface area contributed by atoms with Crippen LogP contribution in [0, 0.1) is 0 Å². The quantitative estimate of drug-likeness (QED) is 0.697. The molecule has 1 aromatic carbocycles. The number of carbonyl (C=O) groups is 2. The van der Waals surface area contributed by atoms with Crippen LogP contribution >= 0.6 is 0 Å². The van der Waals surface area contributed by atoms with Crippen molar-refractivity contribution in [3.63, 3.8) is 0 Å². The zero-order valence-electron chi connectivity index (χ0n) is 12.9. The van der Waals surface area contributed by atoms with E-state index in [1.807, 2.05) is 30.3 Å². The number of aromatic nitrogens is 2. The highest BCUT2D eigenvalue weighted by Crippen LogP contribution is 2.08. The largest absolute Gasteiger partial charge is 0.481 e. The van der Waals surface area contributed by atoms with Gasteiger partial charge >= 0.3 is 5.97 Å². The first-order valence-electron chi connectivity index (χ1n) is 7.77. The van der Waals surface area contributed by atoms with Crippen molar-refractivity contribution < 1.29 is 14.7 Å². The minimum atomic E-state index is -0.756. The zero-order chi connectivity index (χ0) is 16.5. The van der Waals surface area contributed by atoms with Gasteiger partial charge in [0.05, 0.1) is 17.4 Å². The van der Waals surface area contributed by atoms with E-state index in [1.54, 1.807) is 17.1 Å². The number of carboxylic acid groups (broad SMARTS) is 1. The summed E-state index contributed by atoms with van der Waals surface area (Å²) >= 11 is 0. The summed E-state index contributed by atoms with van der Waals surface area (Å²) in [7, 11) is 0. The smallest absolute Gasteiger partial charge is 0.303 e. The molecule has 1 heterocycles. The number of nitrogens with one attached hydrogen (secondary N) is 1. The molecule has 0 unspecified atom stereocenters. The summed E-state index contributed by atoms with van der Waals surface area (Å²) in [5.41, 5.74) is 1.43. The second-order valence-corrected chi connectivity index (χ2v) is 5.32. The van der Waals surface area contributed by atoms with Crippen LogP contribution in [0.3, 0.4) is 0 Å². The van der Waals surface area contributed by atoms with Crippen LogP contribution in [-0.2, 0) is 4.79 Å². The number of benzene rings is 1. The Kier molecular flexibility index (Phi) is 6.35. The van der Waals surface area contributed by atoms with Crippen molar-refractivity contribution in [1.82, 2.24) is 15.1 Å². The third-order valence-corrected chi connectivity index (χ3v) is 3.47. The molecule has 0 bridgehead atoms. The first-order chi connectivity index (χ1) is 11.2. The molecule has 0 saturated carbocycles. The summed E-state index contributed by atoms with van der Waals surface area (Å²) in [5, 5.41) is 15.6. The number of hydrogen-bond donors (Lipinski definition) is 2. The van der Waals surface area contributed by atoms with Crippen LogP contribution in [0.5, 0.6) is 0 Å². The molecule has 122 valence electrons. The van der Waals surface area contributed by atoms with Gasteiger partial charge in [0.1, 0.15) is 0 Å². The minimum absolute atomic E-state index is 0.141. The third-order valence-electron chi connectivity index (χ3n) is 3.47. The molecule has 0 saturated heterocycles. The second-order valence-electron chi connectivity index (χ2n) is 5.32. The van der Waals surface area contributed by atoms with Crippen molar-refractivity contribution in [2.75, 3.05) is 6.54 Å². The van der Waals surface area contributed by atoms with Crippen LogP contribution in [0.4, 0.5) is 0 Å². The van der Waals surface area contributed by atoms with Crippen LogP contribution in [0.25, 0.3) is 5.69 Å². The fourth-order valence-corrected chi connectivity index (χ4v) is 2.22. The van der Waals surface area contributed by atoms with Gasteiger partial charge in [-0.05, 0) is 25.0 Å². The molecule has 1 aromatic heterocycles. The van der Waals surface area contributed by atoms with Crippen LogP contribution in [0.15, 0.2) is 42.7 Å². The Morgan fingerprint density at radius 3 is 2.57 bits per heavy atom. The van der Waals surface area contributed by atoms with Gasteiger partial charge in [0.2, 0.25) is 0 Å². The van der Waals surface area contributed by atoms with Gasteiger partial charge in [0.25, 0.3) is 5.91 Å². The molecule has 23 heavy (non-hydrogen) atoms. The van der Waals surface area contributed by atoms with E-state index < -0.39 is 5.97 Å². The lowest BCUT2D eigenvalue weighted by Crippen LogP contribution is -2.24. The molecule has 0 radical (unpaired) electrons. The summed E-state index contributed by atoms with van der Waals surface area (Å²) in [5.74, 6) is -0.897. The molecule has 0 fully saturated rings. The number of hydrogen-bond acceptors (Lipinski definition) is 3. The normalized spacial score (nSPS) is 10.4. The minimum Gasteiger partial charge on any atom is -0.481 e. The molecule has 2 aromatic rings. The molecule has 2 N–H and O–H groups in total. The first kappa shape index (κ1) is 16.7. The number of unbranched alkanes of at least 4 members (excludes halogenated alkanes) is 3. The molecule has 0 atom stereocenters. The summed E-state index contributed by atoms with van der Waals surface area (Å²) < 4.78 is 1.67. The van der Waals surface area contributed by atoms with Crippen molar-refractivity contribution in [3.8, 4) is 5.69 Å². The van der Waals surface area contributed by atoms with E-state index in [0.29, 0.717) is 18.5 Å². The number of para-hydroxylation sites is 1. The van der Waals surface area contributed by atoms with Crippen LogP contribution in [0.2, 0.25) is 0 Å². The lowest BCUT2D eigenvalue weighted by molar-refractivity contribution is -0.137. The third kappa shape index (κ3) is 5.58. The Hall–Kier alpha value is -2.63. The summed E-state index contributed by atoms with van der Waals surface area (Å²) in [6.07, 6.45) is 6.79. The monoisotopic (exact) mass is 315 g/mol. The number of amides is 1. The van der Waals surface area contributed by atoms with Gasteiger partial charge in [-0.25, -0.2) is 4.68 Å². The highest BCUT2D eigenvalue weighted by atomic mass is 16.4. The number of carboxylic acids is 1. The van der Waals surface area contributed by atoms with Gasteiger partial charge in [-0.1, -0.05) is 31.0 Å². The van der Waals surface area contributed by atoms with Crippen molar-refractivity contribution in [2.45, 2.75) is 32.1 Å². The van der Waals surface area contributed by atoms with E-state index in [-0.39, 0.29) is 12.3 Å². The average molecular weight is 315 g/mol. The SMILES string of the molecule is O=C(O)CCCCCCNC(=O)c1cnn(-c2ccccc2)c1. The van der Waals surface area contributed by atoms with E-state index in [0.717, 1.165) is 24.9 Å². The molecule has 6 heteroatoms. The maximum absolute atomic E-state index is 12.0. The lowest BCUT2D eigenvalue weighted by atomic mass is 10.1. The van der Waals surface area contributed by atoms with E-state index in [9.17, 15) is 9.59 Å². The Morgan fingerprint density at radius 1 is 1.09 bits per heavy atom. The van der Waals surface area contributed by atoms with Crippen LogP contribution in [0.1, 0.15) is 42.5 Å². The van der Waals surface area contributed by atoms with Gasteiger partial charge < -0.3 is 10.4 Å². The molecule has 6 nitrogen and oxygen atoms in total. The molecule has 1 amide bonds. The van der Waals surface area contributed by atoms with E-state index in [2.05, 4.69) is 10.4 Å². The van der Waals surface area contributed by atoms with E-state index in [4.69, 9.17) is 5.11 Å². The van der Waals surface area contributed by atoms with Crippen molar-refractivity contribution in [2.24, 2.45) is 0 Å². The van der Waals surface area contributed by atoms with Crippen LogP contribution in [-0.4, -0.2) is 33.3 Å². The molecule has 0 spiro atoms. The van der Waals surface area contributed by atoms with Crippen LogP contribution < -0.4 is 5.32 Å². The Balaban J connectivity index is 1.70. The van der Waals surface area contributed by atoms with Gasteiger partial charge in [-0.2, -0.15) is 5.10 Å².